The standard InChI is InChI=1S/C17H19N3O/c21-16(20-15-8-4-11-18-12-15)19-13-17(9-5-10-17)14-6-2-1-3-7-14/h1-4,6-8,11-12H,5,9-10,13H2,(H2,19,20,21). The van der Waals surface area contributed by atoms with E-state index in [1.54, 1.807) is 18.5 Å². The van der Waals surface area contributed by atoms with Crippen LogP contribution in [0.25, 0.3) is 0 Å². The summed E-state index contributed by atoms with van der Waals surface area (Å²) >= 11 is 0. The van der Waals surface area contributed by atoms with Crippen molar-refractivity contribution in [2.75, 3.05) is 11.9 Å². The van der Waals surface area contributed by atoms with E-state index in [1.165, 1.54) is 12.0 Å². The van der Waals surface area contributed by atoms with Gasteiger partial charge in [-0.3, -0.25) is 4.98 Å². The number of carbonyl (C=O) groups is 1. The van der Waals surface area contributed by atoms with E-state index in [2.05, 4.69) is 39.9 Å². The van der Waals surface area contributed by atoms with Crippen molar-refractivity contribution in [2.24, 2.45) is 0 Å². The highest BCUT2D eigenvalue weighted by molar-refractivity contribution is 5.89. The normalized spacial score (nSPS) is 15.8. The van der Waals surface area contributed by atoms with E-state index in [9.17, 15) is 4.79 Å². The molecule has 0 spiro atoms. The Hall–Kier alpha value is -2.36. The molecule has 0 bridgehead atoms. The number of urea groups is 1. The van der Waals surface area contributed by atoms with Crippen LogP contribution in [-0.4, -0.2) is 17.6 Å². The Kier molecular flexibility index (Phi) is 3.86. The number of pyridine rings is 1. The number of aromatic nitrogens is 1. The quantitative estimate of drug-likeness (QED) is 0.903. The highest BCUT2D eigenvalue weighted by atomic mass is 16.2. The van der Waals surface area contributed by atoms with Gasteiger partial charge in [0.2, 0.25) is 0 Å². The monoisotopic (exact) mass is 281 g/mol. The van der Waals surface area contributed by atoms with Crippen molar-refractivity contribution < 1.29 is 4.79 Å². The fourth-order valence-corrected chi connectivity index (χ4v) is 2.82. The largest absolute Gasteiger partial charge is 0.337 e. The SMILES string of the molecule is O=C(NCC1(c2ccccc2)CCC1)Nc1cccnc1. The molecule has 4 heteroatoms. The Morgan fingerprint density at radius 3 is 2.57 bits per heavy atom. The summed E-state index contributed by atoms with van der Waals surface area (Å²) in [5, 5.41) is 5.80. The predicted octanol–water partition coefficient (Wildman–Crippen LogP) is 3.33. The average Bonchev–Trinajstić information content (AvgIpc) is 2.48. The molecule has 1 aliphatic carbocycles. The number of carbonyl (C=O) groups excluding carboxylic acids is 1. The van der Waals surface area contributed by atoms with Crippen LogP contribution in [0.5, 0.6) is 0 Å². The topological polar surface area (TPSA) is 54.0 Å². The average molecular weight is 281 g/mol. The van der Waals surface area contributed by atoms with Crippen molar-refractivity contribution >= 4 is 11.7 Å². The van der Waals surface area contributed by atoms with Gasteiger partial charge in [-0.2, -0.15) is 0 Å². The summed E-state index contributed by atoms with van der Waals surface area (Å²) in [6.07, 6.45) is 6.80. The first-order valence-corrected chi connectivity index (χ1v) is 7.29. The number of hydrogen-bond acceptors (Lipinski definition) is 2. The molecule has 2 amide bonds. The molecule has 4 nitrogen and oxygen atoms in total. The van der Waals surface area contributed by atoms with Crippen LogP contribution in [0, 0.1) is 0 Å². The molecule has 3 rings (SSSR count). The summed E-state index contributed by atoms with van der Waals surface area (Å²) in [6.45, 7) is 0.670. The number of hydrogen-bond donors (Lipinski definition) is 2. The Bertz CT molecular complexity index is 594. The van der Waals surface area contributed by atoms with Gasteiger partial charge in [-0.25, -0.2) is 4.79 Å². The number of nitrogens with zero attached hydrogens (tertiary/aromatic N) is 1. The molecule has 0 unspecified atom stereocenters. The summed E-state index contributed by atoms with van der Waals surface area (Å²) in [5.74, 6) is 0. The second-order valence-corrected chi connectivity index (χ2v) is 5.55. The zero-order valence-electron chi connectivity index (χ0n) is 11.9. The third-order valence-electron chi connectivity index (χ3n) is 4.20. The van der Waals surface area contributed by atoms with Gasteiger partial charge in [-0.15, -0.1) is 0 Å². The highest BCUT2D eigenvalue weighted by Gasteiger charge is 2.38. The molecule has 1 aromatic heterocycles. The zero-order chi connectivity index (χ0) is 14.5. The summed E-state index contributed by atoms with van der Waals surface area (Å²) in [6, 6.07) is 13.9. The smallest absolute Gasteiger partial charge is 0.319 e. The first kappa shape index (κ1) is 13.6. The summed E-state index contributed by atoms with van der Waals surface area (Å²) in [4.78, 5) is 16.0. The van der Waals surface area contributed by atoms with Crippen LogP contribution in [0.2, 0.25) is 0 Å². The highest BCUT2D eigenvalue weighted by Crippen LogP contribution is 2.43. The number of anilines is 1. The number of nitrogens with one attached hydrogen (secondary N) is 2. The zero-order valence-corrected chi connectivity index (χ0v) is 11.9. The molecular weight excluding hydrogens is 262 g/mol. The molecule has 0 atom stereocenters. The van der Waals surface area contributed by atoms with E-state index in [-0.39, 0.29) is 11.4 Å². The van der Waals surface area contributed by atoms with Gasteiger partial charge < -0.3 is 10.6 Å². The summed E-state index contributed by atoms with van der Waals surface area (Å²) in [7, 11) is 0. The lowest BCUT2D eigenvalue weighted by Crippen LogP contribution is -2.46. The van der Waals surface area contributed by atoms with Crippen LogP contribution in [0.1, 0.15) is 24.8 Å². The van der Waals surface area contributed by atoms with E-state index in [1.807, 2.05) is 12.1 Å². The molecule has 2 aromatic rings. The third kappa shape index (κ3) is 3.05. The maximum Gasteiger partial charge on any atom is 0.319 e. The fraction of sp³-hybridized carbons (Fsp3) is 0.294. The third-order valence-corrected chi connectivity index (χ3v) is 4.20. The maximum atomic E-state index is 12.0. The van der Waals surface area contributed by atoms with E-state index in [4.69, 9.17) is 0 Å². The van der Waals surface area contributed by atoms with Gasteiger partial charge in [-0.05, 0) is 30.5 Å². The Morgan fingerprint density at radius 2 is 1.95 bits per heavy atom. The minimum absolute atomic E-state index is 0.105. The van der Waals surface area contributed by atoms with Gasteiger partial charge in [0, 0.05) is 18.2 Å². The van der Waals surface area contributed by atoms with E-state index < -0.39 is 0 Å². The second kappa shape index (κ2) is 5.95. The molecule has 108 valence electrons. The van der Waals surface area contributed by atoms with E-state index in [0.717, 1.165) is 12.8 Å². The lowest BCUT2D eigenvalue weighted by molar-refractivity contribution is 0.222. The van der Waals surface area contributed by atoms with Gasteiger partial charge in [0.25, 0.3) is 0 Å². The fourth-order valence-electron chi connectivity index (χ4n) is 2.82. The Labute approximate surface area is 124 Å². The molecular formula is C17H19N3O. The molecule has 1 aromatic carbocycles. The van der Waals surface area contributed by atoms with Gasteiger partial charge in [-0.1, -0.05) is 36.8 Å². The molecule has 1 heterocycles. The first-order chi connectivity index (χ1) is 10.3. The molecule has 21 heavy (non-hydrogen) atoms. The summed E-state index contributed by atoms with van der Waals surface area (Å²) < 4.78 is 0. The second-order valence-electron chi connectivity index (χ2n) is 5.55. The predicted molar refractivity (Wildman–Crippen MR) is 83.2 cm³/mol. The van der Waals surface area contributed by atoms with Crippen molar-refractivity contribution in [3.63, 3.8) is 0 Å². The molecule has 0 radical (unpaired) electrons. The minimum Gasteiger partial charge on any atom is -0.337 e. The Morgan fingerprint density at radius 1 is 1.14 bits per heavy atom. The van der Waals surface area contributed by atoms with Crippen LogP contribution in [0.3, 0.4) is 0 Å². The van der Waals surface area contributed by atoms with Crippen molar-refractivity contribution in [1.82, 2.24) is 10.3 Å². The van der Waals surface area contributed by atoms with Gasteiger partial charge >= 0.3 is 6.03 Å². The van der Waals surface area contributed by atoms with Crippen LogP contribution in [0.4, 0.5) is 10.5 Å². The molecule has 2 N–H and O–H groups in total. The van der Waals surface area contributed by atoms with Gasteiger partial charge in [0.15, 0.2) is 0 Å². The van der Waals surface area contributed by atoms with E-state index in [0.29, 0.717) is 12.2 Å². The molecule has 1 fully saturated rings. The lowest BCUT2D eigenvalue weighted by Gasteiger charge is -2.42. The molecule has 1 aliphatic rings. The van der Waals surface area contributed by atoms with Gasteiger partial charge in [0.05, 0.1) is 11.9 Å². The van der Waals surface area contributed by atoms with Crippen molar-refractivity contribution in [3.05, 3.63) is 60.4 Å². The molecule has 0 saturated heterocycles. The van der Waals surface area contributed by atoms with Crippen molar-refractivity contribution in [3.8, 4) is 0 Å². The van der Waals surface area contributed by atoms with Gasteiger partial charge in [0.1, 0.15) is 0 Å². The number of rotatable bonds is 4. The van der Waals surface area contributed by atoms with Crippen LogP contribution < -0.4 is 10.6 Å². The molecule has 1 saturated carbocycles. The maximum absolute atomic E-state index is 12.0. The summed E-state index contributed by atoms with van der Waals surface area (Å²) in [5.41, 5.74) is 2.13. The van der Waals surface area contributed by atoms with Crippen molar-refractivity contribution in [2.45, 2.75) is 24.7 Å². The lowest BCUT2D eigenvalue weighted by atomic mass is 9.64. The van der Waals surface area contributed by atoms with Crippen LogP contribution in [-0.2, 0) is 5.41 Å². The number of amides is 2. The van der Waals surface area contributed by atoms with Crippen LogP contribution >= 0.6 is 0 Å². The van der Waals surface area contributed by atoms with E-state index >= 15 is 0 Å². The molecule has 0 aliphatic heterocycles. The Balaban J connectivity index is 1.60. The number of benzene rings is 1. The van der Waals surface area contributed by atoms with Crippen LogP contribution in [0.15, 0.2) is 54.9 Å². The first-order valence-electron chi connectivity index (χ1n) is 7.29. The van der Waals surface area contributed by atoms with Crippen molar-refractivity contribution in [1.29, 1.82) is 0 Å². The minimum atomic E-state index is -0.176.